The normalized spacial score (nSPS) is 19.1. The second kappa shape index (κ2) is 9.72. The van der Waals surface area contributed by atoms with E-state index in [9.17, 15) is 0 Å². The maximum atomic E-state index is 5.53. The highest BCUT2D eigenvalue weighted by Crippen LogP contribution is 2.42. The molecule has 1 aliphatic rings. The molecule has 152 valence electrons. The maximum absolute atomic E-state index is 5.53. The first-order chi connectivity index (χ1) is 13.7. The fraction of sp³-hybridized carbons (Fsp3) is 0.500. The van der Waals surface area contributed by atoms with Gasteiger partial charge in [0.2, 0.25) is 0 Å². The lowest BCUT2D eigenvalue weighted by atomic mass is 9.73. The molecule has 1 saturated carbocycles. The van der Waals surface area contributed by atoms with Gasteiger partial charge in [0.1, 0.15) is 0 Å². The Balaban J connectivity index is 1.73. The molecule has 0 heterocycles. The highest BCUT2D eigenvalue weighted by atomic mass is 16.5. The van der Waals surface area contributed by atoms with E-state index in [0.29, 0.717) is 11.8 Å². The van der Waals surface area contributed by atoms with Gasteiger partial charge in [0.25, 0.3) is 0 Å². The van der Waals surface area contributed by atoms with E-state index >= 15 is 0 Å². The van der Waals surface area contributed by atoms with Crippen LogP contribution in [0.4, 0.5) is 0 Å². The van der Waals surface area contributed by atoms with Gasteiger partial charge in [-0.3, -0.25) is 0 Å². The third-order valence-corrected chi connectivity index (χ3v) is 6.00. The van der Waals surface area contributed by atoms with E-state index in [-0.39, 0.29) is 0 Å². The predicted molar refractivity (Wildman–Crippen MR) is 112 cm³/mol. The fourth-order valence-corrected chi connectivity index (χ4v) is 4.46. The molecule has 0 spiro atoms. The third kappa shape index (κ3) is 4.54. The van der Waals surface area contributed by atoms with Crippen molar-refractivity contribution in [2.45, 2.75) is 44.4 Å². The summed E-state index contributed by atoms with van der Waals surface area (Å²) in [5.41, 5.74) is 2.67. The van der Waals surface area contributed by atoms with Gasteiger partial charge in [-0.05, 0) is 72.9 Å². The number of methoxy groups -OCH3 is 4. The number of rotatable bonds is 8. The Bertz CT molecular complexity index is 771. The van der Waals surface area contributed by atoms with Crippen LogP contribution in [-0.2, 0) is 6.42 Å². The van der Waals surface area contributed by atoms with Crippen LogP contribution in [0.5, 0.6) is 23.0 Å². The van der Waals surface area contributed by atoms with E-state index < -0.39 is 0 Å². The molecule has 0 saturated heterocycles. The van der Waals surface area contributed by atoms with Crippen LogP contribution in [0.2, 0.25) is 0 Å². The summed E-state index contributed by atoms with van der Waals surface area (Å²) < 4.78 is 21.7. The molecule has 0 amide bonds. The highest BCUT2D eigenvalue weighted by Gasteiger charge is 2.27. The Labute approximate surface area is 168 Å². The van der Waals surface area contributed by atoms with E-state index in [1.165, 1.54) is 43.2 Å². The van der Waals surface area contributed by atoms with Gasteiger partial charge in [-0.25, -0.2) is 0 Å². The molecule has 2 aromatic carbocycles. The molecule has 1 aliphatic carbocycles. The summed E-state index contributed by atoms with van der Waals surface area (Å²) in [6, 6.07) is 12.7. The molecule has 1 fully saturated rings. The first-order valence-electron chi connectivity index (χ1n) is 10.1. The van der Waals surface area contributed by atoms with Crippen molar-refractivity contribution >= 4 is 0 Å². The average molecular weight is 385 g/mol. The van der Waals surface area contributed by atoms with Crippen molar-refractivity contribution in [3.63, 3.8) is 0 Å². The van der Waals surface area contributed by atoms with Crippen LogP contribution in [0.25, 0.3) is 0 Å². The first-order valence-corrected chi connectivity index (χ1v) is 10.1. The zero-order valence-corrected chi connectivity index (χ0v) is 17.5. The second-order valence-corrected chi connectivity index (χ2v) is 7.49. The van der Waals surface area contributed by atoms with Crippen LogP contribution in [-0.4, -0.2) is 28.4 Å². The summed E-state index contributed by atoms with van der Waals surface area (Å²) in [6.07, 6.45) is 7.37. The van der Waals surface area contributed by atoms with Crippen molar-refractivity contribution in [2.24, 2.45) is 5.92 Å². The zero-order valence-electron chi connectivity index (χ0n) is 17.5. The van der Waals surface area contributed by atoms with Crippen LogP contribution in [0.1, 0.15) is 49.1 Å². The topological polar surface area (TPSA) is 36.9 Å². The summed E-state index contributed by atoms with van der Waals surface area (Å²) in [6.45, 7) is 0. The summed E-state index contributed by atoms with van der Waals surface area (Å²) >= 11 is 0. The molecule has 0 N–H and O–H groups in total. The van der Waals surface area contributed by atoms with Gasteiger partial charge in [0, 0.05) is 0 Å². The molecule has 0 bridgehead atoms. The molecule has 2 aromatic rings. The molecule has 0 aromatic heterocycles. The average Bonchev–Trinajstić information content (AvgIpc) is 2.77. The molecule has 0 radical (unpaired) electrons. The Morgan fingerprint density at radius 1 is 0.714 bits per heavy atom. The number of benzene rings is 2. The van der Waals surface area contributed by atoms with Gasteiger partial charge < -0.3 is 18.9 Å². The van der Waals surface area contributed by atoms with Gasteiger partial charge in [-0.2, -0.15) is 0 Å². The fourth-order valence-electron chi connectivity index (χ4n) is 4.46. The largest absolute Gasteiger partial charge is 0.493 e. The molecular formula is C24H32O4. The summed E-state index contributed by atoms with van der Waals surface area (Å²) in [5.74, 6) is 4.47. The van der Waals surface area contributed by atoms with Crippen LogP contribution in [0, 0.1) is 5.92 Å². The van der Waals surface area contributed by atoms with E-state index in [0.717, 1.165) is 29.4 Å². The molecule has 3 rings (SSSR count). The Morgan fingerprint density at radius 2 is 1.32 bits per heavy atom. The third-order valence-electron chi connectivity index (χ3n) is 6.00. The van der Waals surface area contributed by atoms with Gasteiger partial charge in [0.05, 0.1) is 28.4 Å². The monoisotopic (exact) mass is 384 g/mol. The molecule has 28 heavy (non-hydrogen) atoms. The van der Waals surface area contributed by atoms with E-state index in [4.69, 9.17) is 18.9 Å². The second-order valence-electron chi connectivity index (χ2n) is 7.49. The molecule has 4 nitrogen and oxygen atoms in total. The van der Waals surface area contributed by atoms with E-state index in [2.05, 4.69) is 24.3 Å². The predicted octanol–water partition coefficient (Wildman–Crippen LogP) is 5.63. The number of hydrogen-bond acceptors (Lipinski definition) is 4. The molecule has 4 heteroatoms. The van der Waals surface area contributed by atoms with Crippen molar-refractivity contribution in [3.8, 4) is 23.0 Å². The van der Waals surface area contributed by atoms with Crippen LogP contribution in [0.3, 0.4) is 0 Å². The Kier molecular flexibility index (Phi) is 7.07. The quantitative estimate of drug-likeness (QED) is 0.591. The Hall–Kier alpha value is -2.36. The van der Waals surface area contributed by atoms with Crippen molar-refractivity contribution in [1.29, 1.82) is 0 Å². The minimum absolute atomic E-state index is 0.578. The molecule has 0 aliphatic heterocycles. The maximum Gasteiger partial charge on any atom is 0.160 e. The highest BCUT2D eigenvalue weighted by molar-refractivity contribution is 5.44. The lowest BCUT2D eigenvalue weighted by Crippen LogP contribution is -2.18. The minimum Gasteiger partial charge on any atom is -0.493 e. The number of ether oxygens (including phenoxy) is 4. The van der Waals surface area contributed by atoms with Gasteiger partial charge in [-0.15, -0.1) is 0 Å². The van der Waals surface area contributed by atoms with Crippen LogP contribution < -0.4 is 18.9 Å². The molecule has 2 atom stereocenters. The van der Waals surface area contributed by atoms with Crippen LogP contribution in [0.15, 0.2) is 36.4 Å². The van der Waals surface area contributed by atoms with Gasteiger partial charge >= 0.3 is 0 Å². The smallest absolute Gasteiger partial charge is 0.160 e. The molecule has 0 unspecified atom stereocenters. The van der Waals surface area contributed by atoms with E-state index in [1.807, 2.05) is 12.1 Å². The Morgan fingerprint density at radius 3 is 2.00 bits per heavy atom. The summed E-state index contributed by atoms with van der Waals surface area (Å²) in [7, 11) is 6.75. The lowest BCUT2D eigenvalue weighted by Gasteiger charge is -2.32. The zero-order chi connectivity index (χ0) is 19.9. The van der Waals surface area contributed by atoms with Crippen LogP contribution >= 0.6 is 0 Å². The van der Waals surface area contributed by atoms with E-state index in [1.54, 1.807) is 28.4 Å². The summed E-state index contributed by atoms with van der Waals surface area (Å²) in [4.78, 5) is 0. The van der Waals surface area contributed by atoms with Crippen molar-refractivity contribution in [2.75, 3.05) is 28.4 Å². The SMILES string of the molecule is COc1ccc(CC[C@H]2CCCC[C@H]2c2ccc(OC)c(OC)c2)cc1OC. The lowest BCUT2D eigenvalue weighted by molar-refractivity contribution is 0.289. The van der Waals surface area contributed by atoms with Crippen molar-refractivity contribution in [3.05, 3.63) is 47.5 Å². The minimum atomic E-state index is 0.578. The summed E-state index contributed by atoms with van der Waals surface area (Å²) in [5, 5.41) is 0. The van der Waals surface area contributed by atoms with Crippen molar-refractivity contribution in [1.82, 2.24) is 0 Å². The number of aryl methyl sites for hydroxylation is 1. The number of hydrogen-bond donors (Lipinski definition) is 0. The van der Waals surface area contributed by atoms with Gasteiger partial charge in [-0.1, -0.05) is 25.0 Å². The van der Waals surface area contributed by atoms with Crippen molar-refractivity contribution < 1.29 is 18.9 Å². The molecular weight excluding hydrogens is 352 g/mol. The standard InChI is InChI=1S/C24H32O4/c1-25-21-13-10-17(15-23(21)27-3)9-11-18-7-5-6-8-20(18)19-12-14-22(26-2)24(16-19)28-4/h10,12-16,18,20H,5-9,11H2,1-4H3/t18-,20-/m1/s1. The van der Waals surface area contributed by atoms with Gasteiger partial charge in [0.15, 0.2) is 23.0 Å². The first kappa shape index (κ1) is 20.4.